The van der Waals surface area contributed by atoms with Gasteiger partial charge >= 0.3 is 0 Å². The van der Waals surface area contributed by atoms with Crippen LogP contribution in [-0.2, 0) is 7.05 Å². The number of nitrogens with two attached hydrogens (primary N) is 1. The number of aromatic nitrogens is 5. The molecule has 0 aliphatic heterocycles. The summed E-state index contributed by atoms with van der Waals surface area (Å²) in [6.07, 6.45) is 14.6. The van der Waals surface area contributed by atoms with E-state index < -0.39 is 0 Å². The van der Waals surface area contributed by atoms with Crippen LogP contribution in [-0.4, -0.2) is 24.4 Å². The lowest BCUT2D eigenvalue weighted by molar-refractivity contribution is 0.768. The van der Waals surface area contributed by atoms with Gasteiger partial charge in [-0.25, -0.2) is 4.98 Å². The molecule has 6 heteroatoms. The zero-order valence-electron chi connectivity index (χ0n) is 14.2. The average Bonchev–Trinajstić information content (AvgIpc) is 3.32. The van der Waals surface area contributed by atoms with Crippen molar-refractivity contribution in [2.75, 3.05) is 5.73 Å². The van der Waals surface area contributed by atoms with Crippen molar-refractivity contribution in [1.29, 1.82) is 0 Å². The topological polar surface area (TPSA) is 74.0 Å². The van der Waals surface area contributed by atoms with E-state index in [9.17, 15) is 0 Å². The molecule has 1 aliphatic carbocycles. The third-order valence-corrected chi connectivity index (χ3v) is 3.70. The lowest BCUT2D eigenvalue weighted by Crippen LogP contribution is -1.98. The molecule has 23 heavy (non-hydrogen) atoms. The molecule has 3 aromatic rings. The van der Waals surface area contributed by atoms with Gasteiger partial charge in [0.05, 0.1) is 12.4 Å². The highest BCUT2D eigenvalue weighted by Gasteiger charge is 2.10. The maximum absolute atomic E-state index is 5.79. The fourth-order valence-electron chi connectivity index (χ4n) is 2.56. The van der Waals surface area contributed by atoms with Crippen LogP contribution in [0.3, 0.4) is 0 Å². The van der Waals surface area contributed by atoms with E-state index in [-0.39, 0.29) is 0 Å². The first-order valence-electron chi connectivity index (χ1n) is 8.33. The summed E-state index contributed by atoms with van der Waals surface area (Å²) in [4.78, 5) is 4.27. The van der Waals surface area contributed by atoms with Gasteiger partial charge in [0.1, 0.15) is 5.82 Å². The Labute approximate surface area is 137 Å². The molecule has 3 heterocycles. The third-order valence-electron chi connectivity index (χ3n) is 3.70. The molecule has 3 aromatic heterocycles. The number of hydrogen-bond donors (Lipinski definition) is 1. The Bertz CT molecular complexity index is 716. The van der Waals surface area contributed by atoms with Crippen LogP contribution in [0.15, 0.2) is 30.9 Å². The van der Waals surface area contributed by atoms with Crippen LogP contribution < -0.4 is 5.73 Å². The van der Waals surface area contributed by atoms with Gasteiger partial charge in [-0.1, -0.05) is 46.0 Å². The summed E-state index contributed by atoms with van der Waals surface area (Å²) in [5.41, 5.74) is 8.45. The zero-order chi connectivity index (χ0) is 16.7. The largest absolute Gasteiger partial charge is 0.384 e. The molecule has 0 saturated heterocycles. The zero-order valence-corrected chi connectivity index (χ0v) is 14.2. The Morgan fingerprint density at radius 1 is 1.00 bits per heavy atom. The number of fused-ring (bicyclic) bond motifs is 1. The summed E-state index contributed by atoms with van der Waals surface area (Å²) in [5, 5.41) is 8.32. The second-order valence-corrected chi connectivity index (χ2v) is 5.33. The standard InChI is InChI=1S/C10H10N6.C5H10.C2H6/c1-15-6-7(4-13-15)8-5-14-16-9(11)2-3-12-10(8)16;1-2-4-5-3-1;1-2/h2-6H,11H2,1H3;1-5H2;1-2H3. The van der Waals surface area contributed by atoms with Crippen LogP contribution >= 0.6 is 0 Å². The van der Waals surface area contributed by atoms with E-state index in [1.54, 1.807) is 33.9 Å². The van der Waals surface area contributed by atoms with Crippen molar-refractivity contribution in [2.45, 2.75) is 46.0 Å². The molecule has 0 atom stereocenters. The van der Waals surface area contributed by atoms with Crippen LogP contribution in [0.1, 0.15) is 46.0 Å². The molecule has 4 rings (SSSR count). The van der Waals surface area contributed by atoms with Crippen molar-refractivity contribution in [3.8, 4) is 11.1 Å². The lowest BCUT2D eigenvalue weighted by atomic mass is 10.2. The summed E-state index contributed by atoms with van der Waals surface area (Å²) in [5.74, 6) is 0.570. The van der Waals surface area contributed by atoms with Gasteiger partial charge in [0.25, 0.3) is 0 Å². The number of nitrogens with zero attached hydrogens (tertiary/aromatic N) is 5. The molecule has 1 fully saturated rings. The fourth-order valence-corrected chi connectivity index (χ4v) is 2.56. The van der Waals surface area contributed by atoms with Gasteiger partial charge in [0, 0.05) is 30.6 Å². The minimum atomic E-state index is 0.570. The molecular weight excluding hydrogens is 288 g/mol. The van der Waals surface area contributed by atoms with E-state index in [0.717, 1.165) is 16.8 Å². The molecule has 2 N–H and O–H groups in total. The van der Waals surface area contributed by atoms with Crippen molar-refractivity contribution in [1.82, 2.24) is 24.4 Å². The van der Waals surface area contributed by atoms with Crippen molar-refractivity contribution >= 4 is 11.5 Å². The fraction of sp³-hybridized carbons (Fsp3) is 0.471. The minimum absolute atomic E-state index is 0.570. The Hall–Kier alpha value is -2.37. The van der Waals surface area contributed by atoms with Crippen molar-refractivity contribution in [3.05, 3.63) is 30.9 Å². The van der Waals surface area contributed by atoms with E-state index in [1.807, 2.05) is 27.1 Å². The van der Waals surface area contributed by atoms with E-state index in [1.165, 1.54) is 32.1 Å². The van der Waals surface area contributed by atoms with E-state index in [4.69, 9.17) is 5.73 Å². The monoisotopic (exact) mass is 314 g/mol. The number of hydrogen-bond acceptors (Lipinski definition) is 4. The normalized spacial score (nSPS) is 13.2. The quantitative estimate of drug-likeness (QED) is 0.743. The van der Waals surface area contributed by atoms with Crippen molar-refractivity contribution in [3.63, 3.8) is 0 Å². The summed E-state index contributed by atoms with van der Waals surface area (Å²) in [6.45, 7) is 4.00. The predicted molar refractivity (Wildman–Crippen MR) is 94.0 cm³/mol. The molecule has 6 nitrogen and oxygen atoms in total. The molecule has 1 saturated carbocycles. The Kier molecular flexibility index (Phi) is 6.14. The van der Waals surface area contributed by atoms with E-state index in [2.05, 4.69) is 15.2 Å². The summed E-state index contributed by atoms with van der Waals surface area (Å²) < 4.78 is 3.35. The first-order chi connectivity index (χ1) is 11.3. The molecule has 0 spiro atoms. The maximum Gasteiger partial charge on any atom is 0.165 e. The van der Waals surface area contributed by atoms with Gasteiger partial charge in [0.2, 0.25) is 0 Å². The van der Waals surface area contributed by atoms with Crippen LogP contribution in [0.25, 0.3) is 16.8 Å². The summed E-state index contributed by atoms with van der Waals surface area (Å²) in [7, 11) is 1.87. The van der Waals surface area contributed by atoms with Gasteiger partial charge in [-0.15, -0.1) is 0 Å². The Balaban J connectivity index is 0.000000232. The van der Waals surface area contributed by atoms with E-state index in [0.29, 0.717) is 5.82 Å². The molecule has 0 amide bonds. The van der Waals surface area contributed by atoms with Crippen molar-refractivity contribution in [2.24, 2.45) is 7.05 Å². The summed E-state index contributed by atoms with van der Waals surface area (Å²) in [6, 6.07) is 1.72. The molecular formula is C17H26N6. The Morgan fingerprint density at radius 3 is 2.22 bits per heavy atom. The minimum Gasteiger partial charge on any atom is -0.384 e. The number of aryl methyl sites for hydroxylation is 1. The van der Waals surface area contributed by atoms with Crippen LogP contribution in [0.5, 0.6) is 0 Å². The molecule has 0 unspecified atom stereocenters. The number of nitrogen functional groups attached to an aromatic ring is 1. The SMILES string of the molecule is C1CCCC1.CC.Cn1cc(-c2cnn3c(N)ccnc23)cn1. The average molecular weight is 314 g/mol. The van der Waals surface area contributed by atoms with Gasteiger partial charge in [-0.05, 0) is 6.07 Å². The smallest absolute Gasteiger partial charge is 0.165 e. The second kappa shape index (κ2) is 8.31. The molecule has 0 aromatic carbocycles. The van der Waals surface area contributed by atoms with Crippen LogP contribution in [0.4, 0.5) is 5.82 Å². The van der Waals surface area contributed by atoms with Crippen LogP contribution in [0.2, 0.25) is 0 Å². The highest BCUT2D eigenvalue weighted by Crippen LogP contribution is 2.23. The lowest BCUT2D eigenvalue weighted by Gasteiger charge is -1.97. The van der Waals surface area contributed by atoms with Crippen LogP contribution in [0, 0.1) is 0 Å². The highest BCUT2D eigenvalue weighted by atomic mass is 15.3. The first kappa shape index (κ1) is 17.0. The first-order valence-corrected chi connectivity index (χ1v) is 8.33. The highest BCUT2D eigenvalue weighted by molar-refractivity contribution is 5.76. The van der Waals surface area contributed by atoms with Gasteiger partial charge in [-0.2, -0.15) is 14.7 Å². The van der Waals surface area contributed by atoms with Crippen molar-refractivity contribution < 1.29 is 0 Å². The third kappa shape index (κ3) is 4.09. The second-order valence-electron chi connectivity index (χ2n) is 5.33. The van der Waals surface area contributed by atoms with Gasteiger partial charge < -0.3 is 5.73 Å². The molecule has 0 radical (unpaired) electrons. The number of rotatable bonds is 1. The Morgan fingerprint density at radius 2 is 1.65 bits per heavy atom. The molecule has 1 aliphatic rings. The predicted octanol–water partition coefficient (Wildman–Crippen LogP) is 3.69. The number of anilines is 1. The molecule has 0 bridgehead atoms. The van der Waals surface area contributed by atoms with Gasteiger partial charge in [-0.3, -0.25) is 4.68 Å². The maximum atomic E-state index is 5.79. The van der Waals surface area contributed by atoms with E-state index >= 15 is 0 Å². The molecule has 124 valence electrons. The van der Waals surface area contributed by atoms with Gasteiger partial charge in [0.15, 0.2) is 5.65 Å². The summed E-state index contributed by atoms with van der Waals surface area (Å²) >= 11 is 0.